The van der Waals surface area contributed by atoms with E-state index in [0.29, 0.717) is 13.0 Å². The van der Waals surface area contributed by atoms with E-state index in [1.54, 1.807) is 14.2 Å². The number of carboxylic acid groups (broad SMARTS) is 1. The Labute approximate surface area is 101 Å². The van der Waals surface area contributed by atoms with E-state index in [9.17, 15) is 4.79 Å². The molecule has 0 aromatic heterocycles. The second-order valence-electron chi connectivity index (χ2n) is 3.82. The van der Waals surface area contributed by atoms with Crippen molar-refractivity contribution >= 4 is 5.97 Å². The molecule has 0 aliphatic carbocycles. The summed E-state index contributed by atoms with van der Waals surface area (Å²) in [6.07, 6.45) is 0.636. The van der Waals surface area contributed by atoms with Gasteiger partial charge in [0, 0.05) is 20.6 Å². The lowest BCUT2D eigenvalue weighted by atomic mass is 10.0. The highest BCUT2D eigenvalue weighted by molar-refractivity contribution is 5.67. The fourth-order valence-corrected chi connectivity index (χ4v) is 1.60. The fourth-order valence-electron chi connectivity index (χ4n) is 1.60. The number of rotatable bonds is 7. The minimum Gasteiger partial charge on any atom is -0.481 e. The van der Waals surface area contributed by atoms with Gasteiger partial charge in [-0.2, -0.15) is 0 Å². The molecule has 1 unspecified atom stereocenters. The third kappa shape index (κ3) is 4.54. The number of aryl methyl sites for hydroxylation is 1. The molecule has 0 spiro atoms. The van der Waals surface area contributed by atoms with Crippen molar-refractivity contribution < 1.29 is 19.4 Å². The normalized spacial score (nSPS) is 12.4. The Balaban J connectivity index is 2.62. The molecule has 0 bridgehead atoms. The predicted molar refractivity (Wildman–Crippen MR) is 64.0 cm³/mol. The zero-order valence-corrected chi connectivity index (χ0v) is 10.2. The first kappa shape index (κ1) is 13.7. The molecule has 0 amide bonds. The third-order valence-corrected chi connectivity index (χ3v) is 2.58. The number of hydrogen-bond donors (Lipinski definition) is 1. The summed E-state index contributed by atoms with van der Waals surface area (Å²) in [4.78, 5) is 10.4. The summed E-state index contributed by atoms with van der Waals surface area (Å²) in [7, 11) is 3.27. The van der Waals surface area contributed by atoms with Crippen LogP contribution in [0.4, 0.5) is 0 Å². The molecule has 0 fully saturated rings. The molecule has 1 aromatic rings. The van der Waals surface area contributed by atoms with Crippen LogP contribution in [0.2, 0.25) is 0 Å². The maximum absolute atomic E-state index is 10.4. The lowest BCUT2D eigenvalue weighted by Gasteiger charge is -2.14. The molecule has 1 rings (SSSR count). The summed E-state index contributed by atoms with van der Waals surface area (Å²) in [5.74, 6) is -0.775. The van der Waals surface area contributed by atoms with Gasteiger partial charge in [-0.05, 0) is 17.5 Å². The van der Waals surface area contributed by atoms with E-state index >= 15 is 0 Å². The second kappa shape index (κ2) is 7.04. The molecular weight excluding hydrogens is 220 g/mol. The van der Waals surface area contributed by atoms with E-state index in [-0.39, 0.29) is 12.5 Å². The van der Waals surface area contributed by atoms with Gasteiger partial charge < -0.3 is 14.6 Å². The standard InChI is InChI=1S/C13H18O4/c1-16-9-12(17-2)11-6-3-10(4-7-11)5-8-13(14)15/h3-4,6-7,12H,5,8-9H2,1-2H3,(H,14,15). The molecule has 4 heteroatoms. The van der Waals surface area contributed by atoms with Crippen molar-refractivity contribution in [3.8, 4) is 0 Å². The van der Waals surface area contributed by atoms with Crippen molar-refractivity contribution in [3.63, 3.8) is 0 Å². The van der Waals surface area contributed by atoms with E-state index in [0.717, 1.165) is 11.1 Å². The predicted octanol–water partition coefficient (Wildman–Crippen LogP) is 2.04. The second-order valence-corrected chi connectivity index (χ2v) is 3.82. The van der Waals surface area contributed by atoms with E-state index < -0.39 is 5.97 Å². The summed E-state index contributed by atoms with van der Waals surface area (Å²) in [5, 5.41) is 8.59. The van der Waals surface area contributed by atoms with Gasteiger partial charge in [-0.3, -0.25) is 4.79 Å². The van der Waals surface area contributed by atoms with Gasteiger partial charge in [-0.15, -0.1) is 0 Å². The van der Waals surface area contributed by atoms with Crippen molar-refractivity contribution in [1.82, 2.24) is 0 Å². The Hall–Kier alpha value is -1.39. The van der Waals surface area contributed by atoms with Crippen molar-refractivity contribution in [2.75, 3.05) is 20.8 Å². The van der Waals surface area contributed by atoms with Gasteiger partial charge in [0.2, 0.25) is 0 Å². The molecular formula is C13H18O4. The third-order valence-electron chi connectivity index (χ3n) is 2.58. The molecule has 1 atom stereocenters. The monoisotopic (exact) mass is 238 g/mol. The Kier molecular flexibility index (Phi) is 5.66. The largest absolute Gasteiger partial charge is 0.481 e. The van der Waals surface area contributed by atoms with Gasteiger partial charge in [0.15, 0.2) is 0 Å². The van der Waals surface area contributed by atoms with Gasteiger partial charge in [0.25, 0.3) is 0 Å². The zero-order chi connectivity index (χ0) is 12.7. The molecule has 1 N–H and O–H groups in total. The van der Waals surface area contributed by atoms with Crippen LogP contribution >= 0.6 is 0 Å². The topological polar surface area (TPSA) is 55.8 Å². The van der Waals surface area contributed by atoms with Crippen molar-refractivity contribution in [3.05, 3.63) is 35.4 Å². The highest BCUT2D eigenvalue weighted by Crippen LogP contribution is 2.18. The van der Waals surface area contributed by atoms with Crippen LogP contribution in [-0.4, -0.2) is 31.9 Å². The molecule has 0 radical (unpaired) electrons. The number of benzene rings is 1. The van der Waals surface area contributed by atoms with Crippen molar-refractivity contribution in [2.24, 2.45) is 0 Å². The minimum atomic E-state index is -0.775. The molecule has 1 aromatic carbocycles. The van der Waals surface area contributed by atoms with Gasteiger partial charge >= 0.3 is 5.97 Å². The number of carboxylic acids is 1. The Morgan fingerprint density at radius 2 is 1.94 bits per heavy atom. The number of carbonyl (C=O) groups is 1. The van der Waals surface area contributed by atoms with Gasteiger partial charge in [-0.1, -0.05) is 24.3 Å². The smallest absolute Gasteiger partial charge is 0.303 e. The quantitative estimate of drug-likeness (QED) is 0.789. The molecule has 0 heterocycles. The van der Waals surface area contributed by atoms with Crippen LogP contribution in [0.5, 0.6) is 0 Å². The first-order chi connectivity index (χ1) is 8.17. The van der Waals surface area contributed by atoms with Crippen LogP contribution < -0.4 is 0 Å². The number of methoxy groups -OCH3 is 2. The highest BCUT2D eigenvalue weighted by atomic mass is 16.5. The molecule has 4 nitrogen and oxygen atoms in total. The molecule has 0 aliphatic rings. The highest BCUT2D eigenvalue weighted by Gasteiger charge is 2.09. The Morgan fingerprint density at radius 1 is 1.29 bits per heavy atom. The lowest BCUT2D eigenvalue weighted by molar-refractivity contribution is -0.136. The van der Waals surface area contributed by atoms with Crippen LogP contribution in [-0.2, 0) is 20.7 Å². The maximum atomic E-state index is 10.4. The number of hydrogen-bond acceptors (Lipinski definition) is 3. The molecule has 17 heavy (non-hydrogen) atoms. The van der Waals surface area contributed by atoms with E-state index in [1.807, 2.05) is 24.3 Å². The van der Waals surface area contributed by atoms with Gasteiger partial charge in [0.05, 0.1) is 6.61 Å². The van der Waals surface area contributed by atoms with E-state index in [4.69, 9.17) is 14.6 Å². The van der Waals surface area contributed by atoms with Gasteiger partial charge in [0.1, 0.15) is 6.10 Å². The summed E-state index contributed by atoms with van der Waals surface area (Å²) >= 11 is 0. The van der Waals surface area contributed by atoms with Crippen LogP contribution in [0, 0.1) is 0 Å². The summed E-state index contributed by atoms with van der Waals surface area (Å²) in [5.41, 5.74) is 2.05. The molecule has 94 valence electrons. The zero-order valence-electron chi connectivity index (χ0n) is 10.2. The summed E-state index contributed by atoms with van der Waals surface area (Å²) in [6, 6.07) is 7.76. The van der Waals surface area contributed by atoms with Crippen LogP contribution in [0.25, 0.3) is 0 Å². The summed E-state index contributed by atoms with van der Waals surface area (Å²) < 4.78 is 10.4. The van der Waals surface area contributed by atoms with E-state index in [1.165, 1.54) is 0 Å². The minimum absolute atomic E-state index is 0.0754. The average Bonchev–Trinajstić information content (AvgIpc) is 2.34. The molecule has 0 saturated heterocycles. The van der Waals surface area contributed by atoms with Crippen LogP contribution in [0.3, 0.4) is 0 Å². The molecule has 0 saturated carbocycles. The Morgan fingerprint density at radius 3 is 2.41 bits per heavy atom. The molecule has 0 aliphatic heterocycles. The first-order valence-corrected chi connectivity index (χ1v) is 5.49. The fraction of sp³-hybridized carbons (Fsp3) is 0.462. The SMILES string of the molecule is COCC(OC)c1ccc(CCC(=O)O)cc1. The average molecular weight is 238 g/mol. The maximum Gasteiger partial charge on any atom is 0.303 e. The van der Waals surface area contributed by atoms with Crippen molar-refractivity contribution in [1.29, 1.82) is 0 Å². The van der Waals surface area contributed by atoms with Gasteiger partial charge in [-0.25, -0.2) is 0 Å². The lowest BCUT2D eigenvalue weighted by Crippen LogP contribution is -2.08. The number of ether oxygens (including phenoxy) is 2. The van der Waals surface area contributed by atoms with Crippen LogP contribution in [0.1, 0.15) is 23.7 Å². The summed E-state index contributed by atoms with van der Waals surface area (Å²) in [6.45, 7) is 0.505. The van der Waals surface area contributed by atoms with Crippen LogP contribution in [0.15, 0.2) is 24.3 Å². The van der Waals surface area contributed by atoms with E-state index in [2.05, 4.69) is 0 Å². The van der Waals surface area contributed by atoms with Crippen molar-refractivity contribution in [2.45, 2.75) is 18.9 Å². The first-order valence-electron chi connectivity index (χ1n) is 5.49. The number of aliphatic carboxylic acids is 1. The Bertz CT molecular complexity index is 345.